The van der Waals surface area contributed by atoms with Gasteiger partial charge in [0.25, 0.3) is 0 Å². The maximum absolute atomic E-state index is 13.0. The summed E-state index contributed by atoms with van der Waals surface area (Å²) in [6, 6.07) is 6.34. The highest BCUT2D eigenvalue weighted by molar-refractivity contribution is 5.54. The first-order chi connectivity index (χ1) is 7.56. The van der Waals surface area contributed by atoms with Crippen LogP contribution in [0.4, 0.5) is 10.1 Å². The van der Waals surface area contributed by atoms with E-state index in [0.29, 0.717) is 18.5 Å². The molecule has 0 spiro atoms. The van der Waals surface area contributed by atoms with Gasteiger partial charge in [-0.2, -0.15) is 5.26 Å². The van der Waals surface area contributed by atoms with E-state index in [1.807, 2.05) is 11.9 Å². The molecular weight excluding hydrogens is 207 g/mol. The summed E-state index contributed by atoms with van der Waals surface area (Å²) in [4.78, 5) is 1.84. The fourth-order valence-corrected chi connectivity index (χ4v) is 1.55. The van der Waals surface area contributed by atoms with Crippen molar-refractivity contribution in [1.82, 2.24) is 0 Å². The number of hydrogen-bond donors (Lipinski definition) is 1. The van der Waals surface area contributed by atoms with Crippen LogP contribution in [0.5, 0.6) is 0 Å². The summed E-state index contributed by atoms with van der Waals surface area (Å²) in [6.45, 7) is 2.15. The molecule has 1 aromatic rings. The Morgan fingerprint density at radius 1 is 1.56 bits per heavy atom. The van der Waals surface area contributed by atoms with Gasteiger partial charge in [-0.25, -0.2) is 4.39 Å². The molecule has 0 saturated carbocycles. The van der Waals surface area contributed by atoms with Crippen LogP contribution in [0.25, 0.3) is 0 Å². The summed E-state index contributed by atoms with van der Waals surface area (Å²) in [5.41, 5.74) is 1.30. The molecule has 3 nitrogen and oxygen atoms in total. The number of nitrogens with zero attached hydrogens (tertiary/aromatic N) is 2. The predicted octanol–water partition coefficient (Wildman–Crippen LogP) is 2.23. The zero-order valence-electron chi connectivity index (χ0n) is 9.44. The van der Waals surface area contributed by atoms with Crippen LogP contribution in [-0.2, 0) is 0 Å². The van der Waals surface area contributed by atoms with Crippen molar-refractivity contribution in [3.63, 3.8) is 0 Å². The van der Waals surface area contributed by atoms with Gasteiger partial charge in [-0.3, -0.25) is 0 Å². The van der Waals surface area contributed by atoms with Crippen molar-refractivity contribution in [3.05, 3.63) is 29.6 Å². The summed E-state index contributed by atoms with van der Waals surface area (Å²) in [6.07, 6.45) is -0.331. The molecule has 16 heavy (non-hydrogen) atoms. The smallest absolute Gasteiger partial charge is 0.123 e. The van der Waals surface area contributed by atoms with Crippen molar-refractivity contribution in [2.75, 3.05) is 18.5 Å². The molecule has 0 aliphatic rings. The highest BCUT2D eigenvalue weighted by atomic mass is 19.1. The summed E-state index contributed by atoms with van der Waals surface area (Å²) < 4.78 is 13.0. The van der Waals surface area contributed by atoms with E-state index in [1.54, 1.807) is 13.0 Å². The molecule has 4 heteroatoms. The third-order valence-corrected chi connectivity index (χ3v) is 2.41. The molecule has 1 atom stereocenters. The molecule has 1 N–H and O–H groups in total. The lowest BCUT2D eigenvalue weighted by molar-refractivity contribution is 0.199. The average molecular weight is 222 g/mol. The van der Waals surface area contributed by atoms with Crippen LogP contribution in [-0.4, -0.2) is 18.7 Å². The van der Waals surface area contributed by atoms with Gasteiger partial charge in [0.15, 0.2) is 0 Å². The third-order valence-electron chi connectivity index (χ3n) is 2.41. The number of halogens is 1. The maximum atomic E-state index is 13.0. The van der Waals surface area contributed by atoms with Crippen LogP contribution in [0.15, 0.2) is 18.2 Å². The van der Waals surface area contributed by atoms with Gasteiger partial charge < -0.3 is 10.0 Å². The summed E-state index contributed by atoms with van der Waals surface area (Å²) in [5, 5.41) is 18.0. The first kappa shape index (κ1) is 12.5. The first-order valence-corrected chi connectivity index (χ1v) is 5.12. The Morgan fingerprint density at radius 3 is 2.81 bits per heavy atom. The molecule has 86 valence electrons. The van der Waals surface area contributed by atoms with Gasteiger partial charge in [0, 0.05) is 24.8 Å². The van der Waals surface area contributed by atoms with Crippen LogP contribution in [0, 0.1) is 17.1 Å². The van der Waals surface area contributed by atoms with Gasteiger partial charge >= 0.3 is 0 Å². The molecule has 0 aliphatic carbocycles. The minimum Gasteiger partial charge on any atom is -0.389 e. The van der Waals surface area contributed by atoms with Crippen molar-refractivity contribution >= 4 is 5.69 Å². The van der Waals surface area contributed by atoms with Crippen molar-refractivity contribution in [2.24, 2.45) is 0 Å². The van der Waals surface area contributed by atoms with Crippen LogP contribution < -0.4 is 4.90 Å². The fourth-order valence-electron chi connectivity index (χ4n) is 1.55. The lowest BCUT2D eigenvalue weighted by Gasteiger charge is -2.22. The summed E-state index contributed by atoms with van der Waals surface area (Å²) in [7, 11) is 1.82. The Bertz CT molecular complexity index is 398. The van der Waals surface area contributed by atoms with Crippen LogP contribution in [0.2, 0.25) is 0 Å². The van der Waals surface area contributed by atoms with E-state index in [0.717, 1.165) is 5.69 Å². The number of hydrogen-bond acceptors (Lipinski definition) is 3. The van der Waals surface area contributed by atoms with Gasteiger partial charge in [0.1, 0.15) is 5.82 Å². The van der Waals surface area contributed by atoms with E-state index >= 15 is 0 Å². The van der Waals surface area contributed by atoms with Crippen LogP contribution in [0.1, 0.15) is 25.0 Å². The van der Waals surface area contributed by atoms with Crippen molar-refractivity contribution in [2.45, 2.75) is 19.4 Å². The molecular formula is C12H15FN2O. The Morgan fingerprint density at radius 2 is 2.25 bits per heavy atom. The van der Waals surface area contributed by atoms with E-state index in [2.05, 4.69) is 6.07 Å². The lowest BCUT2D eigenvalue weighted by Crippen LogP contribution is -2.20. The van der Waals surface area contributed by atoms with E-state index in [4.69, 9.17) is 5.26 Å². The third kappa shape index (κ3) is 2.94. The number of aliphatic hydroxyl groups excluding tert-OH is 1. The number of benzene rings is 1. The van der Waals surface area contributed by atoms with Gasteiger partial charge in [0.2, 0.25) is 0 Å². The Hall–Kier alpha value is -1.60. The number of rotatable bonds is 4. The highest BCUT2D eigenvalue weighted by Gasteiger charge is 2.12. The molecule has 1 aromatic carbocycles. The van der Waals surface area contributed by atoms with Gasteiger partial charge in [-0.1, -0.05) is 0 Å². The van der Waals surface area contributed by atoms with Gasteiger partial charge in [0.05, 0.1) is 18.6 Å². The topological polar surface area (TPSA) is 47.3 Å². The normalized spacial score (nSPS) is 11.9. The molecule has 0 fully saturated rings. The average Bonchev–Trinajstić information content (AvgIpc) is 2.25. The standard InChI is InChI=1S/C12H15FN2O/c1-9(16)11-8-10(13)4-5-12(11)15(2)7-3-6-14/h4-5,8-9,16H,3,7H2,1-2H3. The summed E-state index contributed by atoms with van der Waals surface area (Å²) >= 11 is 0. The first-order valence-electron chi connectivity index (χ1n) is 5.12. The number of nitriles is 1. The Labute approximate surface area is 94.7 Å². The van der Waals surface area contributed by atoms with E-state index in [9.17, 15) is 9.50 Å². The molecule has 0 amide bonds. The minimum atomic E-state index is -0.727. The highest BCUT2D eigenvalue weighted by Crippen LogP contribution is 2.26. The Balaban J connectivity index is 2.98. The number of anilines is 1. The van der Waals surface area contributed by atoms with Crippen molar-refractivity contribution in [1.29, 1.82) is 5.26 Å². The van der Waals surface area contributed by atoms with Crippen LogP contribution >= 0.6 is 0 Å². The second kappa shape index (κ2) is 5.47. The lowest BCUT2D eigenvalue weighted by atomic mass is 10.1. The van der Waals surface area contributed by atoms with Crippen molar-refractivity contribution in [3.8, 4) is 6.07 Å². The Kier molecular flexibility index (Phi) is 4.27. The van der Waals surface area contributed by atoms with E-state index in [-0.39, 0.29) is 5.82 Å². The van der Waals surface area contributed by atoms with E-state index in [1.165, 1.54) is 12.1 Å². The van der Waals surface area contributed by atoms with E-state index < -0.39 is 6.10 Å². The zero-order valence-corrected chi connectivity index (χ0v) is 9.44. The van der Waals surface area contributed by atoms with Gasteiger partial charge in [-0.05, 0) is 25.1 Å². The maximum Gasteiger partial charge on any atom is 0.123 e. The second-order valence-electron chi connectivity index (χ2n) is 3.71. The molecule has 0 radical (unpaired) electrons. The van der Waals surface area contributed by atoms with Crippen LogP contribution in [0.3, 0.4) is 0 Å². The molecule has 1 rings (SSSR count). The molecule has 1 unspecified atom stereocenters. The molecule has 0 bridgehead atoms. The number of aliphatic hydroxyl groups is 1. The van der Waals surface area contributed by atoms with Crippen molar-refractivity contribution < 1.29 is 9.50 Å². The monoisotopic (exact) mass is 222 g/mol. The molecule has 0 heterocycles. The predicted molar refractivity (Wildman–Crippen MR) is 60.5 cm³/mol. The second-order valence-corrected chi connectivity index (χ2v) is 3.71. The molecule has 0 aromatic heterocycles. The quantitative estimate of drug-likeness (QED) is 0.849. The fraction of sp³-hybridized carbons (Fsp3) is 0.417. The summed E-state index contributed by atoms with van der Waals surface area (Å²) in [5.74, 6) is -0.367. The molecule has 0 aliphatic heterocycles. The largest absolute Gasteiger partial charge is 0.389 e. The molecule has 0 saturated heterocycles. The minimum absolute atomic E-state index is 0.367. The SMILES string of the molecule is CC(O)c1cc(F)ccc1N(C)CCC#N. The van der Waals surface area contributed by atoms with Gasteiger partial charge in [-0.15, -0.1) is 0 Å². The zero-order chi connectivity index (χ0) is 12.1.